The van der Waals surface area contributed by atoms with E-state index in [2.05, 4.69) is 0 Å². The Hall–Kier alpha value is -5.57. The number of fused-ring (bicyclic) bond motifs is 6. The van der Waals surface area contributed by atoms with E-state index in [4.69, 9.17) is 4.74 Å². The second-order valence-electron chi connectivity index (χ2n) is 11.7. The predicted molar refractivity (Wildman–Crippen MR) is 166 cm³/mol. The van der Waals surface area contributed by atoms with Crippen molar-refractivity contribution in [2.75, 3.05) is 11.7 Å². The first-order valence-corrected chi connectivity index (χ1v) is 14.9. The van der Waals surface area contributed by atoms with Crippen LogP contribution in [0.5, 0.6) is 5.75 Å². The molecule has 0 radical (unpaired) electrons. The van der Waals surface area contributed by atoms with Gasteiger partial charge in [-0.15, -0.1) is 0 Å². The highest BCUT2D eigenvalue weighted by Crippen LogP contribution is 2.55. The van der Waals surface area contributed by atoms with Gasteiger partial charge in [0.15, 0.2) is 23.1 Å². The molecule has 0 bridgehead atoms. The van der Waals surface area contributed by atoms with E-state index in [-0.39, 0.29) is 31.3 Å². The van der Waals surface area contributed by atoms with Crippen molar-refractivity contribution in [2.45, 2.75) is 25.1 Å². The standard InChI is InChI=1S/C37H26F3N3O3/c38-28-12-10-23(11-13-28)20-41-22-43(42-15-14-33(44)35(34(42)36(41)45)46-21-24-6-2-1-3-7-24)37-27(16-25-8-4-5-9-29(25)37)17-26-18-31(39)32(40)19-30(26)37/h1-15,17-19H,16,20-22H2. The normalized spacial score (nSPS) is 17.7. The van der Waals surface area contributed by atoms with Gasteiger partial charge in [0.05, 0.1) is 0 Å². The number of ether oxygens (including phenoxy) is 1. The monoisotopic (exact) mass is 617 g/mol. The molecule has 46 heavy (non-hydrogen) atoms. The summed E-state index contributed by atoms with van der Waals surface area (Å²) in [5.41, 5.74) is 3.69. The highest BCUT2D eigenvalue weighted by Gasteiger charge is 2.55. The smallest absolute Gasteiger partial charge is 0.278 e. The van der Waals surface area contributed by atoms with E-state index in [9.17, 15) is 18.4 Å². The third kappa shape index (κ3) is 4.18. The van der Waals surface area contributed by atoms with Crippen LogP contribution in [0.4, 0.5) is 13.2 Å². The molecule has 0 saturated heterocycles. The minimum Gasteiger partial charge on any atom is -0.482 e. The van der Waals surface area contributed by atoms with Gasteiger partial charge < -0.3 is 9.64 Å². The number of pyridine rings is 1. The van der Waals surface area contributed by atoms with Crippen molar-refractivity contribution in [1.82, 2.24) is 9.58 Å². The number of aromatic nitrogens is 1. The zero-order valence-corrected chi connectivity index (χ0v) is 24.4. The fourth-order valence-corrected chi connectivity index (χ4v) is 7.05. The zero-order valence-electron chi connectivity index (χ0n) is 24.4. The summed E-state index contributed by atoms with van der Waals surface area (Å²) in [6.45, 7) is 0.150. The number of amides is 1. The van der Waals surface area contributed by atoms with E-state index in [1.807, 2.05) is 65.7 Å². The molecule has 1 aliphatic heterocycles. The van der Waals surface area contributed by atoms with Crippen molar-refractivity contribution >= 4 is 12.0 Å². The maximum atomic E-state index is 15.1. The number of carbonyl (C=O) groups excluding carboxylic acids is 1. The van der Waals surface area contributed by atoms with E-state index >= 15 is 4.39 Å². The van der Waals surface area contributed by atoms with Gasteiger partial charge in [-0.2, -0.15) is 0 Å². The summed E-state index contributed by atoms with van der Waals surface area (Å²) in [7, 11) is 0. The lowest BCUT2D eigenvalue weighted by Crippen LogP contribution is -2.62. The van der Waals surface area contributed by atoms with E-state index in [1.165, 1.54) is 36.5 Å². The molecule has 9 heteroatoms. The van der Waals surface area contributed by atoms with Gasteiger partial charge in [0, 0.05) is 18.8 Å². The molecule has 2 aliphatic carbocycles. The number of benzene rings is 4. The summed E-state index contributed by atoms with van der Waals surface area (Å²) >= 11 is 0. The summed E-state index contributed by atoms with van der Waals surface area (Å²) in [6.07, 6.45) is 3.93. The SMILES string of the molecule is O=C1c2c(OCc3ccccc3)c(=O)ccn2N(C23C(=Cc4cc(F)c(F)cc42)Cc2ccccc23)CN1Cc1ccc(F)cc1. The minimum absolute atomic E-state index is 0.00549. The van der Waals surface area contributed by atoms with Crippen LogP contribution in [0.2, 0.25) is 0 Å². The van der Waals surface area contributed by atoms with E-state index < -0.39 is 34.3 Å². The zero-order chi connectivity index (χ0) is 31.6. The number of hydrogen-bond donors (Lipinski definition) is 0. The first-order chi connectivity index (χ1) is 22.3. The number of halogens is 3. The predicted octanol–water partition coefficient (Wildman–Crippen LogP) is 6.29. The summed E-state index contributed by atoms with van der Waals surface area (Å²) in [4.78, 5) is 29.4. The molecule has 228 valence electrons. The largest absolute Gasteiger partial charge is 0.482 e. The molecule has 0 N–H and O–H groups in total. The van der Waals surface area contributed by atoms with Gasteiger partial charge in [-0.05, 0) is 69.6 Å². The van der Waals surface area contributed by atoms with Gasteiger partial charge in [-0.25, -0.2) is 13.2 Å². The van der Waals surface area contributed by atoms with Gasteiger partial charge in [-0.1, -0.05) is 72.8 Å². The fourth-order valence-electron chi connectivity index (χ4n) is 7.05. The van der Waals surface area contributed by atoms with Gasteiger partial charge in [0.2, 0.25) is 5.43 Å². The Labute approximate surface area is 262 Å². The van der Waals surface area contributed by atoms with Crippen LogP contribution in [-0.2, 0) is 25.1 Å². The lowest BCUT2D eigenvalue weighted by molar-refractivity contribution is 0.0649. The maximum Gasteiger partial charge on any atom is 0.278 e. The number of rotatable bonds is 6. The van der Waals surface area contributed by atoms with Crippen LogP contribution in [0.1, 0.15) is 43.9 Å². The highest BCUT2D eigenvalue weighted by atomic mass is 19.2. The van der Waals surface area contributed by atoms with Gasteiger partial charge in [-0.3, -0.25) is 19.3 Å². The molecular weight excluding hydrogens is 591 g/mol. The number of carbonyl (C=O) groups is 1. The van der Waals surface area contributed by atoms with Crippen molar-refractivity contribution in [3.05, 3.63) is 176 Å². The Balaban J connectivity index is 1.35. The number of nitrogens with zero attached hydrogens (tertiary/aromatic N) is 3. The average Bonchev–Trinajstić information content (AvgIpc) is 3.54. The van der Waals surface area contributed by atoms with Crippen LogP contribution < -0.4 is 15.2 Å². The quantitative estimate of drug-likeness (QED) is 0.225. The van der Waals surface area contributed by atoms with E-state index in [0.717, 1.165) is 22.3 Å². The van der Waals surface area contributed by atoms with Crippen LogP contribution >= 0.6 is 0 Å². The molecule has 3 aliphatic rings. The van der Waals surface area contributed by atoms with Crippen molar-refractivity contribution in [3.8, 4) is 5.75 Å². The molecule has 4 aromatic carbocycles. The second-order valence-corrected chi connectivity index (χ2v) is 11.7. The summed E-state index contributed by atoms with van der Waals surface area (Å²) in [5.74, 6) is -2.93. The van der Waals surface area contributed by atoms with Crippen LogP contribution in [0.25, 0.3) is 6.08 Å². The van der Waals surface area contributed by atoms with Crippen molar-refractivity contribution in [2.24, 2.45) is 0 Å². The van der Waals surface area contributed by atoms with Crippen molar-refractivity contribution in [3.63, 3.8) is 0 Å². The van der Waals surface area contributed by atoms with Gasteiger partial charge >= 0.3 is 0 Å². The summed E-state index contributed by atoms with van der Waals surface area (Å²) < 4.78 is 51.3. The van der Waals surface area contributed by atoms with E-state index in [0.29, 0.717) is 23.1 Å². The molecule has 1 aromatic heterocycles. The lowest BCUT2D eigenvalue weighted by Gasteiger charge is -2.49. The summed E-state index contributed by atoms with van der Waals surface area (Å²) in [5, 5.41) is 1.92. The Morgan fingerprint density at radius 2 is 1.52 bits per heavy atom. The fraction of sp³-hybridized carbons (Fsp3) is 0.135. The maximum absolute atomic E-state index is 15.1. The lowest BCUT2D eigenvalue weighted by atomic mass is 9.83. The summed E-state index contributed by atoms with van der Waals surface area (Å²) in [6, 6.07) is 26.7. The Kier molecular flexibility index (Phi) is 6.39. The van der Waals surface area contributed by atoms with Gasteiger partial charge in [0.1, 0.15) is 24.6 Å². The van der Waals surface area contributed by atoms with Gasteiger partial charge in [0.25, 0.3) is 5.91 Å². The molecule has 5 aromatic rings. The van der Waals surface area contributed by atoms with Crippen LogP contribution in [0, 0.1) is 17.5 Å². The molecule has 6 nitrogen and oxygen atoms in total. The second kappa shape index (κ2) is 10.5. The van der Waals surface area contributed by atoms with E-state index in [1.54, 1.807) is 21.7 Å². The molecular formula is C37H26F3N3O3. The Morgan fingerprint density at radius 3 is 2.33 bits per heavy atom. The average molecular weight is 618 g/mol. The third-order valence-corrected chi connectivity index (χ3v) is 9.05. The molecule has 1 atom stereocenters. The van der Waals surface area contributed by atoms with Crippen molar-refractivity contribution in [1.29, 1.82) is 0 Å². The minimum atomic E-state index is -1.14. The topological polar surface area (TPSA) is 54.8 Å². The number of hydrogen-bond acceptors (Lipinski definition) is 4. The van der Waals surface area contributed by atoms with Crippen LogP contribution in [0.15, 0.2) is 114 Å². The third-order valence-electron chi connectivity index (χ3n) is 9.05. The Morgan fingerprint density at radius 1 is 0.783 bits per heavy atom. The molecule has 2 heterocycles. The first-order valence-electron chi connectivity index (χ1n) is 14.9. The highest BCUT2D eigenvalue weighted by molar-refractivity contribution is 5.96. The molecule has 0 saturated carbocycles. The molecule has 1 unspecified atom stereocenters. The van der Waals surface area contributed by atoms with Crippen LogP contribution in [0.3, 0.4) is 0 Å². The molecule has 0 fully saturated rings. The molecule has 8 rings (SSSR count). The van der Waals surface area contributed by atoms with Crippen LogP contribution in [-0.4, -0.2) is 22.2 Å². The first kappa shape index (κ1) is 27.9. The Bertz CT molecular complexity index is 2130. The molecule has 1 amide bonds. The van der Waals surface area contributed by atoms with Crippen molar-refractivity contribution < 1.29 is 22.7 Å². The molecule has 0 spiro atoms.